The Morgan fingerprint density at radius 3 is 2.31 bits per heavy atom. The summed E-state index contributed by atoms with van der Waals surface area (Å²) in [6.07, 6.45) is 3.18. The number of benzene rings is 2. The van der Waals surface area contributed by atoms with Gasteiger partial charge in [0.15, 0.2) is 0 Å². The Labute approximate surface area is 204 Å². The highest BCUT2D eigenvalue weighted by atomic mass is 16.5. The second-order valence-corrected chi connectivity index (χ2v) is 9.32. The number of methoxy groups -OCH3 is 2. The number of amides is 1. The maximum Gasteiger partial charge on any atom is 0.300 e. The lowest BCUT2D eigenvalue weighted by Crippen LogP contribution is -2.29. The third-order valence-corrected chi connectivity index (χ3v) is 6.08. The standard InChI is InChI=1S/C28H28N2O5/c1-28(2,3)21-15-18(9-10-22(21)35-5)25(31)23-24(17-11-13-29-14-12-17)30(27(33)26(23)32)19-7-6-8-20(16-19)34-4/h6-16,24,31H,1-5H3/b25-23-. The average molecular weight is 473 g/mol. The number of aromatic nitrogens is 1. The van der Waals surface area contributed by atoms with Gasteiger partial charge in [-0.15, -0.1) is 0 Å². The van der Waals surface area contributed by atoms with E-state index < -0.39 is 17.7 Å². The van der Waals surface area contributed by atoms with Gasteiger partial charge < -0.3 is 14.6 Å². The van der Waals surface area contributed by atoms with Crippen LogP contribution in [0.2, 0.25) is 0 Å². The Bertz CT molecular complexity index is 1310. The number of ether oxygens (including phenoxy) is 2. The third kappa shape index (κ3) is 4.37. The molecule has 7 heteroatoms. The highest BCUT2D eigenvalue weighted by molar-refractivity contribution is 6.51. The first-order chi connectivity index (χ1) is 16.7. The zero-order valence-electron chi connectivity index (χ0n) is 20.4. The molecule has 1 unspecified atom stereocenters. The number of pyridine rings is 1. The molecule has 1 aliphatic rings. The summed E-state index contributed by atoms with van der Waals surface area (Å²) in [5.41, 5.74) is 2.16. The number of Topliss-reactive ketones (excluding diaryl/α,β-unsaturated/α-hetero) is 1. The van der Waals surface area contributed by atoms with Crippen LogP contribution in [0.25, 0.3) is 5.76 Å². The third-order valence-electron chi connectivity index (χ3n) is 6.08. The Hall–Kier alpha value is -4.13. The molecule has 0 saturated carbocycles. The van der Waals surface area contributed by atoms with Crippen LogP contribution in [0.3, 0.4) is 0 Å². The minimum atomic E-state index is -0.842. The highest BCUT2D eigenvalue weighted by Gasteiger charge is 2.47. The maximum absolute atomic E-state index is 13.4. The molecule has 2 heterocycles. The lowest BCUT2D eigenvalue weighted by molar-refractivity contribution is -0.132. The molecule has 1 amide bonds. The zero-order chi connectivity index (χ0) is 25.3. The van der Waals surface area contributed by atoms with E-state index in [2.05, 4.69) is 4.98 Å². The van der Waals surface area contributed by atoms with Gasteiger partial charge in [0, 0.05) is 35.3 Å². The van der Waals surface area contributed by atoms with Gasteiger partial charge in [-0.25, -0.2) is 0 Å². The normalized spacial score (nSPS) is 17.5. The summed E-state index contributed by atoms with van der Waals surface area (Å²) in [6, 6.07) is 14.8. The van der Waals surface area contributed by atoms with E-state index in [1.165, 1.54) is 12.0 Å². The molecule has 1 aromatic heterocycles. The molecule has 7 nitrogen and oxygen atoms in total. The number of ketones is 1. The van der Waals surface area contributed by atoms with E-state index in [-0.39, 0.29) is 16.7 Å². The van der Waals surface area contributed by atoms with E-state index in [0.717, 1.165) is 5.56 Å². The van der Waals surface area contributed by atoms with Crippen LogP contribution < -0.4 is 14.4 Å². The Morgan fingerprint density at radius 1 is 0.971 bits per heavy atom. The molecule has 3 aromatic rings. The molecule has 1 atom stereocenters. The van der Waals surface area contributed by atoms with Crippen molar-refractivity contribution in [2.24, 2.45) is 0 Å². The summed E-state index contributed by atoms with van der Waals surface area (Å²) >= 11 is 0. The van der Waals surface area contributed by atoms with Crippen LogP contribution in [0.1, 0.15) is 43.5 Å². The summed E-state index contributed by atoms with van der Waals surface area (Å²) in [6.45, 7) is 6.11. The van der Waals surface area contributed by atoms with Gasteiger partial charge in [0.25, 0.3) is 11.7 Å². The van der Waals surface area contributed by atoms with Gasteiger partial charge in [0.05, 0.1) is 25.8 Å². The Morgan fingerprint density at radius 2 is 1.69 bits per heavy atom. The van der Waals surface area contributed by atoms with Crippen molar-refractivity contribution in [2.45, 2.75) is 32.2 Å². The number of carbonyl (C=O) groups is 2. The molecule has 35 heavy (non-hydrogen) atoms. The van der Waals surface area contributed by atoms with Crippen molar-refractivity contribution in [3.8, 4) is 11.5 Å². The highest BCUT2D eigenvalue weighted by Crippen LogP contribution is 2.43. The van der Waals surface area contributed by atoms with E-state index >= 15 is 0 Å². The lowest BCUT2D eigenvalue weighted by Gasteiger charge is -2.26. The summed E-state index contributed by atoms with van der Waals surface area (Å²) in [7, 11) is 3.12. The molecule has 1 aliphatic heterocycles. The molecule has 1 fully saturated rings. The fourth-order valence-electron chi connectivity index (χ4n) is 4.32. The first-order valence-corrected chi connectivity index (χ1v) is 11.2. The van der Waals surface area contributed by atoms with E-state index in [1.807, 2.05) is 20.8 Å². The van der Waals surface area contributed by atoms with Gasteiger partial charge >= 0.3 is 0 Å². The number of aliphatic hydroxyl groups is 1. The van der Waals surface area contributed by atoms with Crippen molar-refractivity contribution in [2.75, 3.05) is 19.1 Å². The summed E-state index contributed by atoms with van der Waals surface area (Å²) in [4.78, 5) is 32.1. The topological polar surface area (TPSA) is 89.0 Å². The number of hydrogen-bond acceptors (Lipinski definition) is 6. The SMILES string of the molecule is COc1cccc(N2C(=O)C(=O)/C(=C(\O)c3ccc(OC)c(C(C)(C)C)c3)C2c2ccncc2)c1. The number of hydrogen-bond donors (Lipinski definition) is 1. The molecule has 2 aromatic carbocycles. The van der Waals surface area contributed by atoms with Crippen LogP contribution in [0.4, 0.5) is 5.69 Å². The largest absolute Gasteiger partial charge is 0.507 e. The van der Waals surface area contributed by atoms with E-state index in [9.17, 15) is 14.7 Å². The van der Waals surface area contributed by atoms with Gasteiger partial charge in [-0.3, -0.25) is 19.5 Å². The van der Waals surface area contributed by atoms with Crippen LogP contribution >= 0.6 is 0 Å². The van der Waals surface area contributed by atoms with Crippen LogP contribution in [-0.4, -0.2) is 36.0 Å². The smallest absolute Gasteiger partial charge is 0.300 e. The Kier molecular flexibility index (Phi) is 6.35. The van der Waals surface area contributed by atoms with Crippen LogP contribution in [0.5, 0.6) is 11.5 Å². The van der Waals surface area contributed by atoms with Crippen LogP contribution in [0.15, 0.2) is 72.6 Å². The van der Waals surface area contributed by atoms with Crippen molar-refractivity contribution in [1.82, 2.24) is 4.98 Å². The van der Waals surface area contributed by atoms with Gasteiger partial charge in [-0.2, -0.15) is 0 Å². The minimum absolute atomic E-state index is 0.00838. The molecule has 1 N–H and O–H groups in total. The fourth-order valence-corrected chi connectivity index (χ4v) is 4.32. The molecule has 0 radical (unpaired) electrons. The zero-order valence-corrected chi connectivity index (χ0v) is 20.4. The predicted molar refractivity (Wildman–Crippen MR) is 134 cm³/mol. The van der Waals surface area contributed by atoms with Crippen molar-refractivity contribution in [3.05, 3.63) is 89.3 Å². The average Bonchev–Trinajstić information content (AvgIpc) is 3.13. The molecule has 0 bridgehead atoms. The number of carbonyl (C=O) groups excluding carboxylic acids is 2. The van der Waals surface area contributed by atoms with Crippen molar-refractivity contribution >= 4 is 23.1 Å². The molecule has 0 spiro atoms. The van der Waals surface area contributed by atoms with Gasteiger partial charge in [0.2, 0.25) is 0 Å². The summed E-state index contributed by atoms with van der Waals surface area (Å²) in [5.74, 6) is -0.519. The molecule has 4 rings (SSSR count). The summed E-state index contributed by atoms with van der Waals surface area (Å²) < 4.78 is 10.8. The van der Waals surface area contributed by atoms with E-state index in [1.54, 1.807) is 74.1 Å². The van der Waals surface area contributed by atoms with E-state index in [4.69, 9.17) is 9.47 Å². The second-order valence-electron chi connectivity index (χ2n) is 9.32. The van der Waals surface area contributed by atoms with E-state index in [0.29, 0.717) is 28.3 Å². The maximum atomic E-state index is 13.4. The minimum Gasteiger partial charge on any atom is -0.507 e. The molecular formula is C28H28N2O5. The van der Waals surface area contributed by atoms with Crippen LogP contribution in [0, 0.1) is 0 Å². The fraction of sp³-hybridized carbons (Fsp3) is 0.250. The second kappa shape index (κ2) is 9.25. The Balaban J connectivity index is 1.95. The van der Waals surface area contributed by atoms with Crippen molar-refractivity contribution in [3.63, 3.8) is 0 Å². The van der Waals surface area contributed by atoms with Gasteiger partial charge in [-0.1, -0.05) is 26.8 Å². The number of aliphatic hydroxyl groups excluding tert-OH is 1. The molecular weight excluding hydrogens is 444 g/mol. The first kappa shape index (κ1) is 24.0. The van der Waals surface area contributed by atoms with Crippen molar-refractivity contribution < 1.29 is 24.2 Å². The summed E-state index contributed by atoms with van der Waals surface area (Å²) in [5, 5.41) is 11.5. The monoisotopic (exact) mass is 472 g/mol. The van der Waals surface area contributed by atoms with Crippen LogP contribution in [-0.2, 0) is 15.0 Å². The number of nitrogens with zero attached hydrogens (tertiary/aromatic N) is 2. The molecule has 180 valence electrons. The number of rotatable bonds is 5. The number of anilines is 1. The molecule has 1 saturated heterocycles. The van der Waals surface area contributed by atoms with Gasteiger partial charge in [-0.05, 0) is 53.4 Å². The first-order valence-electron chi connectivity index (χ1n) is 11.2. The molecule has 0 aliphatic carbocycles. The predicted octanol–water partition coefficient (Wildman–Crippen LogP) is 5.02. The quantitative estimate of drug-likeness (QED) is 0.319. The lowest BCUT2D eigenvalue weighted by atomic mass is 9.84. The van der Waals surface area contributed by atoms with Gasteiger partial charge in [0.1, 0.15) is 17.3 Å². The van der Waals surface area contributed by atoms with Crippen molar-refractivity contribution in [1.29, 1.82) is 0 Å².